The van der Waals surface area contributed by atoms with Crippen molar-refractivity contribution in [1.29, 1.82) is 0 Å². The number of hydrogen-bond donors (Lipinski definition) is 2. The van der Waals surface area contributed by atoms with Crippen LogP contribution in [0.4, 0.5) is 4.79 Å². The van der Waals surface area contributed by atoms with Gasteiger partial charge in [0.1, 0.15) is 0 Å². The lowest BCUT2D eigenvalue weighted by Crippen LogP contribution is -2.40. The third-order valence-corrected chi connectivity index (χ3v) is 3.92. The molecule has 0 bridgehead atoms. The molecule has 0 radical (unpaired) electrons. The van der Waals surface area contributed by atoms with Gasteiger partial charge in [-0.1, -0.05) is 29.8 Å². The van der Waals surface area contributed by atoms with Crippen molar-refractivity contribution < 1.29 is 9.53 Å². The number of urea groups is 1. The van der Waals surface area contributed by atoms with Crippen LogP contribution < -0.4 is 10.6 Å². The number of hydrogen-bond acceptors (Lipinski definition) is 2. The van der Waals surface area contributed by atoms with Gasteiger partial charge in [-0.15, -0.1) is 0 Å². The second-order valence-corrected chi connectivity index (χ2v) is 5.60. The Morgan fingerprint density at radius 2 is 1.95 bits per heavy atom. The molecule has 110 valence electrons. The van der Waals surface area contributed by atoms with E-state index in [1.54, 1.807) is 7.11 Å². The van der Waals surface area contributed by atoms with Crippen molar-refractivity contribution in [1.82, 2.24) is 10.6 Å². The van der Waals surface area contributed by atoms with E-state index in [2.05, 4.69) is 41.8 Å². The molecule has 0 unspecified atom stereocenters. The molecular weight excluding hydrogens is 252 g/mol. The molecular formula is C16H24N2O2. The predicted octanol–water partition coefficient (Wildman–Crippen LogP) is 2.36. The molecule has 1 saturated carbocycles. The number of rotatable bonds is 7. The molecule has 4 nitrogen and oxygen atoms in total. The molecule has 0 aromatic heterocycles. The summed E-state index contributed by atoms with van der Waals surface area (Å²) in [7, 11) is 1.67. The summed E-state index contributed by atoms with van der Waals surface area (Å²) in [5.74, 6) is 0. The van der Waals surface area contributed by atoms with Gasteiger partial charge in [0.05, 0.1) is 0 Å². The fraction of sp³-hybridized carbons (Fsp3) is 0.562. The van der Waals surface area contributed by atoms with E-state index >= 15 is 0 Å². The van der Waals surface area contributed by atoms with Crippen LogP contribution in [0.2, 0.25) is 0 Å². The molecule has 2 amide bonds. The Bertz CT molecular complexity index is 438. The van der Waals surface area contributed by atoms with Gasteiger partial charge in [-0.2, -0.15) is 0 Å². The average Bonchev–Trinajstić information content (AvgIpc) is 3.23. The molecule has 2 N–H and O–H groups in total. The zero-order valence-corrected chi connectivity index (χ0v) is 12.4. The first kappa shape index (κ1) is 14.9. The zero-order chi connectivity index (χ0) is 14.4. The third-order valence-electron chi connectivity index (χ3n) is 3.92. The van der Waals surface area contributed by atoms with Gasteiger partial charge in [0.25, 0.3) is 0 Å². The van der Waals surface area contributed by atoms with Crippen molar-refractivity contribution in [3.8, 4) is 0 Å². The van der Waals surface area contributed by atoms with E-state index in [4.69, 9.17) is 4.74 Å². The second-order valence-electron chi connectivity index (χ2n) is 5.60. The molecule has 0 saturated heterocycles. The maximum absolute atomic E-state index is 11.7. The van der Waals surface area contributed by atoms with Gasteiger partial charge in [-0.3, -0.25) is 0 Å². The summed E-state index contributed by atoms with van der Waals surface area (Å²) >= 11 is 0. The smallest absolute Gasteiger partial charge is 0.314 e. The lowest BCUT2D eigenvalue weighted by molar-refractivity contribution is 0.193. The van der Waals surface area contributed by atoms with Crippen LogP contribution in [0, 0.1) is 6.92 Å². The fourth-order valence-corrected chi connectivity index (χ4v) is 2.36. The van der Waals surface area contributed by atoms with E-state index in [0.717, 1.165) is 19.3 Å². The lowest BCUT2D eigenvalue weighted by Gasteiger charge is -2.17. The summed E-state index contributed by atoms with van der Waals surface area (Å²) in [4.78, 5) is 11.7. The van der Waals surface area contributed by atoms with Crippen LogP contribution >= 0.6 is 0 Å². The van der Waals surface area contributed by atoms with Gasteiger partial charge in [-0.25, -0.2) is 4.79 Å². The topological polar surface area (TPSA) is 50.4 Å². The summed E-state index contributed by atoms with van der Waals surface area (Å²) in [5, 5.41) is 5.83. The summed E-state index contributed by atoms with van der Waals surface area (Å²) < 4.78 is 4.94. The van der Waals surface area contributed by atoms with Crippen molar-refractivity contribution in [2.45, 2.75) is 31.6 Å². The van der Waals surface area contributed by atoms with E-state index in [-0.39, 0.29) is 11.4 Å². The number of amides is 2. The van der Waals surface area contributed by atoms with Crippen LogP contribution in [-0.4, -0.2) is 32.8 Å². The van der Waals surface area contributed by atoms with Crippen molar-refractivity contribution in [3.63, 3.8) is 0 Å². The summed E-state index contributed by atoms with van der Waals surface area (Å²) in [6, 6.07) is 8.56. The standard InChI is InChI=1S/C16H24N2O2/c1-13-4-6-14(7-5-13)16(8-9-16)12-18-15(19)17-10-3-11-20-2/h4-7H,3,8-12H2,1-2H3,(H2,17,18,19). The molecule has 4 heteroatoms. The third kappa shape index (κ3) is 3.97. The first-order valence-corrected chi connectivity index (χ1v) is 7.24. The number of carbonyl (C=O) groups excluding carboxylic acids is 1. The van der Waals surface area contributed by atoms with E-state index in [1.807, 2.05) is 0 Å². The molecule has 1 aromatic rings. The Labute approximate surface area is 120 Å². The Balaban J connectivity index is 1.76. The molecule has 0 aliphatic heterocycles. The number of methoxy groups -OCH3 is 1. The van der Waals surface area contributed by atoms with Crippen LogP contribution in [0.5, 0.6) is 0 Å². The van der Waals surface area contributed by atoms with Crippen molar-refractivity contribution in [2.75, 3.05) is 26.8 Å². The number of carbonyl (C=O) groups is 1. The van der Waals surface area contributed by atoms with E-state index < -0.39 is 0 Å². The number of nitrogens with one attached hydrogen (secondary N) is 2. The van der Waals surface area contributed by atoms with Crippen LogP contribution in [-0.2, 0) is 10.2 Å². The SMILES string of the molecule is COCCCNC(=O)NCC1(c2ccc(C)cc2)CC1. The van der Waals surface area contributed by atoms with Gasteiger partial charge in [0.2, 0.25) is 0 Å². The van der Waals surface area contributed by atoms with Crippen LogP contribution in [0.25, 0.3) is 0 Å². The molecule has 1 aromatic carbocycles. The minimum absolute atomic E-state index is 0.0838. The normalized spacial score (nSPS) is 15.7. The van der Waals surface area contributed by atoms with Crippen molar-refractivity contribution in [2.24, 2.45) is 0 Å². The van der Waals surface area contributed by atoms with Gasteiger partial charge in [0, 0.05) is 32.2 Å². The van der Waals surface area contributed by atoms with Crippen LogP contribution in [0.1, 0.15) is 30.4 Å². The Morgan fingerprint density at radius 1 is 1.25 bits per heavy atom. The number of ether oxygens (including phenoxy) is 1. The van der Waals surface area contributed by atoms with E-state index in [1.165, 1.54) is 11.1 Å². The molecule has 2 rings (SSSR count). The fourth-order valence-electron chi connectivity index (χ4n) is 2.36. The number of benzene rings is 1. The predicted molar refractivity (Wildman–Crippen MR) is 80.0 cm³/mol. The van der Waals surface area contributed by atoms with Crippen molar-refractivity contribution >= 4 is 6.03 Å². The minimum atomic E-state index is -0.0838. The molecule has 0 heterocycles. The van der Waals surface area contributed by atoms with E-state index in [0.29, 0.717) is 19.7 Å². The lowest BCUT2D eigenvalue weighted by atomic mass is 9.95. The summed E-state index contributed by atoms with van der Waals surface area (Å²) in [6.45, 7) is 4.13. The van der Waals surface area contributed by atoms with Gasteiger partial charge >= 0.3 is 6.03 Å². The first-order chi connectivity index (χ1) is 9.66. The molecule has 1 aliphatic carbocycles. The summed E-state index contributed by atoms with van der Waals surface area (Å²) in [6.07, 6.45) is 3.15. The second kappa shape index (κ2) is 6.75. The largest absolute Gasteiger partial charge is 0.385 e. The highest BCUT2D eigenvalue weighted by atomic mass is 16.5. The maximum atomic E-state index is 11.7. The maximum Gasteiger partial charge on any atom is 0.314 e. The average molecular weight is 276 g/mol. The Hall–Kier alpha value is -1.55. The van der Waals surface area contributed by atoms with Gasteiger partial charge < -0.3 is 15.4 Å². The van der Waals surface area contributed by atoms with Crippen LogP contribution in [0.15, 0.2) is 24.3 Å². The number of aryl methyl sites for hydroxylation is 1. The first-order valence-electron chi connectivity index (χ1n) is 7.24. The molecule has 1 fully saturated rings. The molecule has 0 spiro atoms. The van der Waals surface area contributed by atoms with Crippen LogP contribution in [0.3, 0.4) is 0 Å². The Kier molecular flexibility index (Phi) is 5.01. The van der Waals surface area contributed by atoms with Gasteiger partial charge in [0.15, 0.2) is 0 Å². The monoisotopic (exact) mass is 276 g/mol. The highest BCUT2D eigenvalue weighted by Gasteiger charge is 2.44. The molecule has 20 heavy (non-hydrogen) atoms. The van der Waals surface area contributed by atoms with E-state index in [9.17, 15) is 4.79 Å². The minimum Gasteiger partial charge on any atom is -0.385 e. The van der Waals surface area contributed by atoms with Crippen molar-refractivity contribution in [3.05, 3.63) is 35.4 Å². The van der Waals surface area contributed by atoms with Gasteiger partial charge in [-0.05, 0) is 31.7 Å². The molecule has 0 atom stereocenters. The highest BCUT2D eigenvalue weighted by molar-refractivity contribution is 5.74. The molecule has 1 aliphatic rings. The summed E-state index contributed by atoms with van der Waals surface area (Å²) in [5.41, 5.74) is 2.77. The highest BCUT2D eigenvalue weighted by Crippen LogP contribution is 2.47. The quantitative estimate of drug-likeness (QED) is 0.751. The Morgan fingerprint density at radius 3 is 2.55 bits per heavy atom. The zero-order valence-electron chi connectivity index (χ0n) is 12.4.